The minimum absolute atomic E-state index is 0.121. The summed E-state index contributed by atoms with van der Waals surface area (Å²) in [5.41, 5.74) is 3.44. The van der Waals surface area contributed by atoms with E-state index in [4.69, 9.17) is 21.7 Å². The molecule has 1 saturated heterocycles. The van der Waals surface area contributed by atoms with Gasteiger partial charge in [0.05, 0.1) is 24.9 Å². The Hall–Kier alpha value is -4.18. The molecule has 1 unspecified atom stereocenters. The molecule has 2 N–H and O–H groups in total. The van der Waals surface area contributed by atoms with E-state index in [1.54, 1.807) is 53.3 Å². The molecule has 0 bridgehead atoms. The number of hydrogen-bond acceptors (Lipinski definition) is 6. The smallest absolute Gasteiger partial charge is 0.410 e. The number of aromatic nitrogens is 1. The van der Waals surface area contributed by atoms with Gasteiger partial charge in [0, 0.05) is 18.3 Å². The number of hydrogen-bond donors (Lipinski definition) is 2. The Kier molecular flexibility index (Phi) is 9.67. The Balaban J connectivity index is 1.71. The molecule has 1 fully saturated rings. The topological polar surface area (TPSA) is 104 Å². The molecule has 2 aromatic carbocycles. The maximum Gasteiger partial charge on any atom is 0.410 e. The fourth-order valence-electron chi connectivity index (χ4n) is 5.01. The molecule has 222 valence electrons. The number of anilines is 1. The molecule has 1 atom stereocenters. The zero-order valence-electron chi connectivity index (χ0n) is 24.7. The molecule has 9 nitrogen and oxygen atoms in total. The monoisotopic (exact) mass is 590 g/mol. The lowest BCUT2D eigenvalue weighted by molar-refractivity contribution is 0.0223. The molecule has 3 aromatic rings. The van der Waals surface area contributed by atoms with E-state index in [9.17, 15) is 14.4 Å². The predicted octanol–water partition coefficient (Wildman–Crippen LogP) is 6.29. The quantitative estimate of drug-likeness (QED) is 0.246. The number of benzene rings is 2. The molecule has 42 heavy (non-hydrogen) atoms. The van der Waals surface area contributed by atoms with Crippen molar-refractivity contribution >= 4 is 41.0 Å². The van der Waals surface area contributed by atoms with Crippen LogP contribution < -0.4 is 10.2 Å². The van der Waals surface area contributed by atoms with Gasteiger partial charge in [-0.3, -0.25) is 10.1 Å². The van der Waals surface area contributed by atoms with Crippen molar-refractivity contribution in [2.24, 2.45) is 0 Å². The Labute approximate surface area is 252 Å². The predicted molar refractivity (Wildman–Crippen MR) is 166 cm³/mol. The molecule has 0 saturated carbocycles. The van der Waals surface area contributed by atoms with E-state index < -0.39 is 11.6 Å². The van der Waals surface area contributed by atoms with Gasteiger partial charge in [-0.2, -0.15) is 0 Å². The first-order valence-electron chi connectivity index (χ1n) is 14.1. The van der Waals surface area contributed by atoms with Crippen LogP contribution in [0.5, 0.6) is 0 Å². The number of aromatic amines is 1. The zero-order valence-corrected chi connectivity index (χ0v) is 25.5. The number of carbonyl (C=O) groups excluding carboxylic acids is 3. The second-order valence-electron chi connectivity index (χ2n) is 11.2. The Morgan fingerprint density at radius 1 is 1.12 bits per heavy atom. The van der Waals surface area contributed by atoms with Crippen LogP contribution in [0.4, 0.5) is 10.5 Å². The van der Waals surface area contributed by atoms with Crippen LogP contribution in [0.25, 0.3) is 0 Å². The van der Waals surface area contributed by atoms with Crippen LogP contribution in [-0.2, 0) is 16.0 Å². The highest BCUT2D eigenvalue weighted by Gasteiger charge is 2.35. The fraction of sp³-hybridized carbons (Fsp3) is 0.375. The molecule has 1 aliphatic heterocycles. The second-order valence-corrected chi connectivity index (χ2v) is 11.6. The molecule has 0 spiro atoms. The molecule has 2 heterocycles. The van der Waals surface area contributed by atoms with Gasteiger partial charge in [0.1, 0.15) is 11.3 Å². The summed E-state index contributed by atoms with van der Waals surface area (Å²) in [5.74, 6) is -0.898. The van der Waals surface area contributed by atoms with Gasteiger partial charge in [0.25, 0.3) is 5.91 Å². The number of aryl methyl sites for hydroxylation is 1. The number of amides is 2. The van der Waals surface area contributed by atoms with Crippen molar-refractivity contribution in [3.05, 3.63) is 88.7 Å². The van der Waals surface area contributed by atoms with Gasteiger partial charge in [-0.25, -0.2) is 9.59 Å². The van der Waals surface area contributed by atoms with Gasteiger partial charge < -0.3 is 24.3 Å². The minimum atomic E-state index is -0.614. The summed E-state index contributed by atoms with van der Waals surface area (Å²) in [5, 5.41) is 2.95. The number of carbonyl (C=O) groups is 3. The molecule has 10 heteroatoms. The summed E-state index contributed by atoms with van der Waals surface area (Å²) in [6.45, 7) is 10.3. The van der Waals surface area contributed by atoms with Crippen molar-refractivity contribution in [3.63, 3.8) is 0 Å². The van der Waals surface area contributed by atoms with Crippen molar-refractivity contribution in [1.29, 1.82) is 0 Å². The van der Waals surface area contributed by atoms with Gasteiger partial charge >= 0.3 is 12.1 Å². The third-order valence-electron chi connectivity index (χ3n) is 6.87. The van der Waals surface area contributed by atoms with Crippen molar-refractivity contribution < 1.29 is 23.9 Å². The number of likely N-dealkylation sites (tertiary alicyclic amines) is 1. The minimum Gasteiger partial charge on any atom is -0.461 e. The second kappa shape index (κ2) is 13.2. The first kappa shape index (κ1) is 30.8. The number of nitrogens with zero attached hydrogens (tertiary/aromatic N) is 2. The van der Waals surface area contributed by atoms with E-state index in [0.29, 0.717) is 17.8 Å². The van der Waals surface area contributed by atoms with Crippen LogP contribution in [0.3, 0.4) is 0 Å². The van der Waals surface area contributed by atoms with Crippen LogP contribution in [0.15, 0.2) is 60.8 Å². The lowest BCUT2D eigenvalue weighted by Crippen LogP contribution is -2.43. The van der Waals surface area contributed by atoms with Gasteiger partial charge in [0.15, 0.2) is 5.11 Å². The van der Waals surface area contributed by atoms with Crippen LogP contribution in [0.1, 0.15) is 84.1 Å². The summed E-state index contributed by atoms with van der Waals surface area (Å²) in [7, 11) is 0. The lowest BCUT2D eigenvalue weighted by Gasteiger charge is -2.31. The lowest BCUT2D eigenvalue weighted by atomic mass is 9.96. The maximum absolute atomic E-state index is 13.2. The largest absolute Gasteiger partial charge is 0.461 e. The average Bonchev–Trinajstić information content (AvgIpc) is 3.62. The van der Waals surface area contributed by atoms with Crippen LogP contribution in [0, 0.1) is 6.92 Å². The highest BCUT2D eigenvalue weighted by atomic mass is 32.1. The van der Waals surface area contributed by atoms with Crippen molar-refractivity contribution in [2.75, 3.05) is 18.1 Å². The molecular weight excluding hydrogens is 552 g/mol. The number of thiocarbonyl (C=S) groups is 1. The molecule has 1 aromatic heterocycles. The van der Waals surface area contributed by atoms with Gasteiger partial charge in [-0.1, -0.05) is 42.0 Å². The Morgan fingerprint density at radius 3 is 2.55 bits per heavy atom. The standard InChI is InChI=1S/C32H38N4O5S/c1-6-40-29(38)27-26(16-17-33-27)36(30(42)34-28(37)22-11-8-7-9-12-22)20-23-15-14-21(2)19-24(23)25-13-10-18-35(25)31(39)41-32(3,4)5/h7-9,11-12,14-17,19,25,33H,6,10,13,18,20H2,1-5H3,(H,34,37,42). The number of ether oxygens (including phenoxy) is 2. The summed E-state index contributed by atoms with van der Waals surface area (Å²) in [6, 6.07) is 16.4. The van der Waals surface area contributed by atoms with E-state index in [-0.39, 0.29) is 42.0 Å². The number of H-pyrrole nitrogens is 1. The normalized spacial score (nSPS) is 14.8. The van der Waals surface area contributed by atoms with E-state index in [1.807, 2.05) is 45.9 Å². The maximum atomic E-state index is 13.2. The van der Waals surface area contributed by atoms with Crippen LogP contribution in [-0.4, -0.2) is 51.7 Å². The Morgan fingerprint density at radius 2 is 1.86 bits per heavy atom. The molecule has 0 radical (unpaired) electrons. The molecular formula is C32H38N4O5S. The first-order valence-corrected chi connectivity index (χ1v) is 14.5. The van der Waals surface area contributed by atoms with Gasteiger partial charge in [-0.05, 0) is 89.0 Å². The van der Waals surface area contributed by atoms with Crippen molar-refractivity contribution in [3.8, 4) is 0 Å². The van der Waals surface area contributed by atoms with Crippen molar-refractivity contribution in [1.82, 2.24) is 15.2 Å². The summed E-state index contributed by atoms with van der Waals surface area (Å²) >= 11 is 5.78. The zero-order chi connectivity index (χ0) is 30.4. The Bertz CT molecular complexity index is 1450. The van der Waals surface area contributed by atoms with Gasteiger partial charge in [0.2, 0.25) is 0 Å². The van der Waals surface area contributed by atoms with Crippen molar-refractivity contribution in [2.45, 2.75) is 65.6 Å². The number of nitrogens with one attached hydrogen (secondary N) is 2. The van der Waals surface area contributed by atoms with E-state index in [1.165, 1.54) is 0 Å². The molecule has 2 amide bonds. The number of rotatable bonds is 7. The fourth-order valence-corrected chi connectivity index (χ4v) is 5.27. The van der Waals surface area contributed by atoms with E-state index in [2.05, 4.69) is 16.4 Å². The van der Waals surface area contributed by atoms with E-state index in [0.717, 1.165) is 29.5 Å². The third kappa shape index (κ3) is 7.36. The van der Waals surface area contributed by atoms with Gasteiger partial charge in [-0.15, -0.1) is 0 Å². The third-order valence-corrected chi connectivity index (χ3v) is 7.19. The van der Waals surface area contributed by atoms with Crippen LogP contribution in [0.2, 0.25) is 0 Å². The summed E-state index contributed by atoms with van der Waals surface area (Å²) in [4.78, 5) is 45.5. The molecule has 4 rings (SSSR count). The highest BCUT2D eigenvalue weighted by molar-refractivity contribution is 7.80. The summed E-state index contributed by atoms with van der Waals surface area (Å²) in [6.07, 6.45) is 2.91. The molecule has 1 aliphatic rings. The number of esters is 1. The van der Waals surface area contributed by atoms with E-state index >= 15 is 0 Å². The first-order chi connectivity index (χ1) is 20.0. The summed E-state index contributed by atoms with van der Waals surface area (Å²) < 4.78 is 11.0. The average molecular weight is 591 g/mol. The van der Waals surface area contributed by atoms with Crippen LogP contribution >= 0.6 is 12.2 Å². The highest BCUT2D eigenvalue weighted by Crippen LogP contribution is 2.36. The molecule has 0 aliphatic carbocycles. The SMILES string of the molecule is CCOC(=O)c1[nH]ccc1N(Cc1ccc(C)cc1C1CCCN1C(=O)OC(C)(C)C)C(=S)NC(=O)c1ccccc1.